The van der Waals surface area contributed by atoms with E-state index in [4.69, 9.17) is 0 Å². The average Bonchev–Trinajstić information content (AvgIpc) is 2.30. The van der Waals surface area contributed by atoms with Crippen LogP contribution in [0.2, 0.25) is 0 Å². The van der Waals surface area contributed by atoms with Crippen molar-refractivity contribution in [2.24, 2.45) is 0 Å². The fourth-order valence-corrected chi connectivity index (χ4v) is 1.12. The summed E-state index contributed by atoms with van der Waals surface area (Å²) in [5, 5.41) is 9.46. The Morgan fingerprint density at radius 2 is 2.00 bits per heavy atom. The fourth-order valence-electron chi connectivity index (χ4n) is 1.12. The minimum absolute atomic E-state index is 0.123. The Hall–Kier alpha value is -1.90. The lowest BCUT2D eigenvalue weighted by molar-refractivity contribution is -0.147. The molecule has 0 saturated heterocycles. The number of rotatable bonds is 3. The van der Waals surface area contributed by atoms with Crippen LogP contribution in [-0.4, -0.2) is 30.2 Å². The van der Waals surface area contributed by atoms with Gasteiger partial charge in [-0.15, -0.1) is 0 Å². The Bertz CT molecular complexity index is 390. The Morgan fingerprint density at radius 3 is 2.47 bits per heavy atom. The molecule has 0 aliphatic rings. The number of hydrogen-bond acceptors (Lipinski definition) is 4. The quantitative estimate of drug-likeness (QED) is 0.575. The van der Waals surface area contributed by atoms with Crippen molar-refractivity contribution >= 4 is 17.5 Å². The zero-order chi connectivity index (χ0) is 11.3. The number of benzene rings is 1. The molecule has 1 aromatic carbocycles. The summed E-state index contributed by atoms with van der Waals surface area (Å²) in [6, 6.07) is 8.35. The number of hydrogen-bond donors (Lipinski definition) is 1. The summed E-state index contributed by atoms with van der Waals surface area (Å²) in [6.45, 7) is 0. The van der Waals surface area contributed by atoms with Crippen LogP contribution in [0.25, 0.3) is 5.57 Å². The molecule has 15 heavy (non-hydrogen) atoms. The topological polar surface area (TPSA) is 63.6 Å². The lowest BCUT2D eigenvalue weighted by atomic mass is 10.0. The molecular formula is C11H10O4. The maximum Gasteiger partial charge on any atom is 0.340 e. The normalized spacial score (nSPS) is 11.3. The maximum absolute atomic E-state index is 11.0. The standard InChI is InChI=1S/C11H10O4/c1-15-11(14)10(13)9(7-12)8-5-3-2-4-6-8/h2-6,10,13H,1H3. The Labute approximate surface area is 86.8 Å². The van der Waals surface area contributed by atoms with Crippen molar-refractivity contribution in [2.45, 2.75) is 6.10 Å². The van der Waals surface area contributed by atoms with Gasteiger partial charge in [-0.1, -0.05) is 30.3 Å². The van der Waals surface area contributed by atoms with Crippen molar-refractivity contribution in [1.29, 1.82) is 0 Å². The second-order valence-corrected chi connectivity index (χ2v) is 2.81. The molecule has 1 unspecified atom stereocenters. The van der Waals surface area contributed by atoms with Crippen LogP contribution in [-0.2, 0) is 14.3 Å². The second kappa shape index (κ2) is 5.10. The van der Waals surface area contributed by atoms with Crippen LogP contribution in [0.4, 0.5) is 0 Å². The van der Waals surface area contributed by atoms with Gasteiger partial charge >= 0.3 is 5.97 Å². The lowest BCUT2D eigenvalue weighted by Crippen LogP contribution is -2.23. The van der Waals surface area contributed by atoms with Crippen LogP contribution in [0.1, 0.15) is 5.56 Å². The summed E-state index contributed by atoms with van der Waals surface area (Å²) < 4.78 is 4.33. The van der Waals surface area contributed by atoms with Gasteiger partial charge in [0.05, 0.1) is 12.7 Å². The van der Waals surface area contributed by atoms with Crippen LogP contribution < -0.4 is 0 Å². The highest BCUT2D eigenvalue weighted by Gasteiger charge is 2.22. The Morgan fingerprint density at radius 1 is 1.40 bits per heavy atom. The molecule has 4 nitrogen and oxygen atoms in total. The highest BCUT2D eigenvalue weighted by Crippen LogP contribution is 2.15. The summed E-state index contributed by atoms with van der Waals surface area (Å²) in [5.41, 5.74) is 0.327. The summed E-state index contributed by atoms with van der Waals surface area (Å²) >= 11 is 0. The average molecular weight is 206 g/mol. The van der Waals surface area contributed by atoms with E-state index in [9.17, 15) is 14.7 Å². The molecule has 0 bridgehead atoms. The first-order valence-corrected chi connectivity index (χ1v) is 4.27. The first-order valence-electron chi connectivity index (χ1n) is 4.27. The summed E-state index contributed by atoms with van der Waals surface area (Å²) in [7, 11) is 1.14. The molecule has 0 radical (unpaired) electrons. The first-order chi connectivity index (χ1) is 7.20. The Kier molecular flexibility index (Phi) is 3.80. The molecular weight excluding hydrogens is 196 g/mol. The third-order valence-corrected chi connectivity index (χ3v) is 1.89. The van der Waals surface area contributed by atoms with Crippen LogP contribution >= 0.6 is 0 Å². The molecule has 0 heterocycles. The number of methoxy groups -OCH3 is 1. The minimum atomic E-state index is -1.59. The lowest BCUT2D eigenvalue weighted by Gasteiger charge is -2.09. The molecule has 0 amide bonds. The predicted molar refractivity (Wildman–Crippen MR) is 53.6 cm³/mol. The van der Waals surface area contributed by atoms with Gasteiger partial charge in [0.1, 0.15) is 5.94 Å². The van der Waals surface area contributed by atoms with E-state index in [0.717, 1.165) is 7.11 Å². The van der Waals surface area contributed by atoms with Gasteiger partial charge in [0.2, 0.25) is 0 Å². The molecule has 1 atom stereocenters. The SMILES string of the molecule is COC(=O)C(O)C(=C=O)c1ccccc1. The van der Waals surface area contributed by atoms with Gasteiger partial charge in [-0.3, -0.25) is 0 Å². The third kappa shape index (κ3) is 2.53. The van der Waals surface area contributed by atoms with Gasteiger partial charge in [0, 0.05) is 0 Å². The molecule has 0 spiro atoms. The van der Waals surface area contributed by atoms with E-state index < -0.39 is 12.1 Å². The van der Waals surface area contributed by atoms with Crippen LogP contribution in [0, 0.1) is 0 Å². The van der Waals surface area contributed by atoms with Crippen LogP contribution in [0.5, 0.6) is 0 Å². The molecule has 0 saturated carbocycles. The Balaban J connectivity index is 3.02. The molecule has 0 aliphatic heterocycles. The fraction of sp³-hybridized carbons (Fsp3) is 0.182. The third-order valence-electron chi connectivity index (χ3n) is 1.89. The maximum atomic E-state index is 11.0. The zero-order valence-electron chi connectivity index (χ0n) is 8.14. The van der Waals surface area contributed by atoms with Gasteiger partial charge in [-0.25, -0.2) is 9.59 Å². The van der Waals surface area contributed by atoms with Crippen molar-refractivity contribution in [3.05, 3.63) is 35.9 Å². The number of carbonyl (C=O) groups excluding carboxylic acids is 2. The minimum Gasteiger partial charge on any atom is -0.467 e. The second-order valence-electron chi connectivity index (χ2n) is 2.81. The van der Waals surface area contributed by atoms with Crippen molar-refractivity contribution in [1.82, 2.24) is 0 Å². The molecule has 1 rings (SSSR count). The molecule has 1 aromatic rings. The van der Waals surface area contributed by atoms with Gasteiger partial charge in [-0.05, 0) is 5.56 Å². The van der Waals surface area contributed by atoms with E-state index in [-0.39, 0.29) is 5.57 Å². The smallest absolute Gasteiger partial charge is 0.340 e. The van der Waals surface area contributed by atoms with E-state index in [2.05, 4.69) is 4.74 Å². The molecule has 78 valence electrons. The van der Waals surface area contributed by atoms with Crippen molar-refractivity contribution in [2.75, 3.05) is 7.11 Å². The van der Waals surface area contributed by atoms with Crippen LogP contribution in [0.15, 0.2) is 30.3 Å². The van der Waals surface area contributed by atoms with E-state index in [1.807, 2.05) is 0 Å². The first kappa shape index (κ1) is 11.2. The molecule has 0 aromatic heterocycles. The van der Waals surface area contributed by atoms with Gasteiger partial charge in [0.25, 0.3) is 0 Å². The highest BCUT2D eigenvalue weighted by atomic mass is 16.5. The van der Waals surface area contributed by atoms with E-state index in [0.29, 0.717) is 5.56 Å². The van der Waals surface area contributed by atoms with E-state index in [1.54, 1.807) is 36.3 Å². The van der Waals surface area contributed by atoms with Gasteiger partial charge in [0.15, 0.2) is 6.10 Å². The number of aliphatic hydroxyl groups excluding tert-OH is 1. The number of aliphatic hydroxyl groups is 1. The number of esters is 1. The van der Waals surface area contributed by atoms with E-state index >= 15 is 0 Å². The van der Waals surface area contributed by atoms with Crippen molar-refractivity contribution in [3.63, 3.8) is 0 Å². The predicted octanol–water partition coefficient (Wildman–Crippen LogP) is 0.435. The summed E-state index contributed by atoms with van der Waals surface area (Å²) in [6.07, 6.45) is -1.59. The summed E-state index contributed by atoms with van der Waals surface area (Å²) in [4.78, 5) is 21.7. The zero-order valence-corrected chi connectivity index (χ0v) is 8.14. The summed E-state index contributed by atoms with van der Waals surface area (Å²) in [5.74, 6) is 0.672. The number of ether oxygens (including phenoxy) is 1. The molecule has 0 aliphatic carbocycles. The number of carbonyl (C=O) groups is 1. The van der Waals surface area contributed by atoms with Crippen molar-refractivity contribution < 1.29 is 19.4 Å². The molecule has 1 N–H and O–H groups in total. The van der Waals surface area contributed by atoms with Crippen LogP contribution in [0.3, 0.4) is 0 Å². The largest absolute Gasteiger partial charge is 0.467 e. The van der Waals surface area contributed by atoms with E-state index in [1.165, 1.54) is 0 Å². The van der Waals surface area contributed by atoms with Crippen molar-refractivity contribution in [3.8, 4) is 0 Å². The van der Waals surface area contributed by atoms with Gasteiger partial charge < -0.3 is 9.84 Å². The molecule has 4 heteroatoms. The molecule has 0 fully saturated rings. The monoisotopic (exact) mass is 206 g/mol. The highest BCUT2D eigenvalue weighted by molar-refractivity contribution is 6.00. The van der Waals surface area contributed by atoms with Gasteiger partial charge in [-0.2, -0.15) is 0 Å².